The minimum Gasteiger partial charge on any atom is -0.464 e. The molecular formula is C21H20N2O4S. The molecule has 0 unspecified atom stereocenters. The summed E-state index contributed by atoms with van der Waals surface area (Å²) < 4.78 is 34.0. The van der Waals surface area contributed by atoms with Gasteiger partial charge in [0.1, 0.15) is 5.76 Å². The van der Waals surface area contributed by atoms with Crippen LogP contribution in [0.2, 0.25) is 0 Å². The molecule has 0 atom stereocenters. The molecule has 28 heavy (non-hydrogen) atoms. The SMILES string of the molecule is CC(=O)N1CCc2cc(S(=O)(=O)Nc3cc(-c4ccco4)ccc3C)ccc21. The Kier molecular flexibility index (Phi) is 4.47. The highest BCUT2D eigenvalue weighted by atomic mass is 32.2. The van der Waals surface area contributed by atoms with Crippen LogP contribution in [0.15, 0.2) is 64.1 Å². The van der Waals surface area contributed by atoms with Crippen molar-refractivity contribution in [2.75, 3.05) is 16.2 Å². The van der Waals surface area contributed by atoms with E-state index in [1.807, 2.05) is 25.1 Å². The first-order valence-corrected chi connectivity index (χ1v) is 10.4. The molecule has 2 heterocycles. The van der Waals surface area contributed by atoms with Crippen molar-refractivity contribution >= 4 is 27.3 Å². The Morgan fingerprint density at radius 2 is 1.96 bits per heavy atom. The molecule has 1 aromatic heterocycles. The van der Waals surface area contributed by atoms with E-state index >= 15 is 0 Å². The fourth-order valence-corrected chi connectivity index (χ4v) is 4.58. The van der Waals surface area contributed by atoms with E-state index in [9.17, 15) is 13.2 Å². The van der Waals surface area contributed by atoms with Crippen molar-refractivity contribution in [1.82, 2.24) is 0 Å². The van der Waals surface area contributed by atoms with Gasteiger partial charge in [0.05, 0.1) is 16.8 Å². The second kappa shape index (κ2) is 6.83. The molecule has 0 radical (unpaired) electrons. The third-order valence-corrected chi connectivity index (χ3v) is 6.29. The van der Waals surface area contributed by atoms with Crippen molar-refractivity contribution in [2.24, 2.45) is 0 Å². The van der Waals surface area contributed by atoms with Crippen LogP contribution in [0.3, 0.4) is 0 Å². The molecule has 0 bridgehead atoms. The van der Waals surface area contributed by atoms with Gasteiger partial charge in [-0.2, -0.15) is 0 Å². The molecule has 0 spiro atoms. The number of nitrogens with one attached hydrogen (secondary N) is 1. The molecular weight excluding hydrogens is 376 g/mol. The number of benzene rings is 2. The van der Waals surface area contributed by atoms with Gasteiger partial charge in [0, 0.05) is 24.7 Å². The first-order valence-electron chi connectivity index (χ1n) is 8.93. The number of rotatable bonds is 4. The van der Waals surface area contributed by atoms with E-state index < -0.39 is 10.0 Å². The molecule has 0 saturated carbocycles. The molecule has 3 aromatic rings. The average molecular weight is 396 g/mol. The molecule has 144 valence electrons. The number of fused-ring (bicyclic) bond motifs is 1. The highest BCUT2D eigenvalue weighted by Crippen LogP contribution is 2.32. The Labute approximate surface area is 163 Å². The van der Waals surface area contributed by atoms with Crippen LogP contribution in [0.4, 0.5) is 11.4 Å². The largest absolute Gasteiger partial charge is 0.464 e. The van der Waals surface area contributed by atoms with Crippen molar-refractivity contribution in [3.8, 4) is 11.3 Å². The Bertz CT molecular complexity index is 1150. The number of hydrogen-bond donors (Lipinski definition) is 1. The number of nitrogens with zero attached hydrogens (tertiary/aromatic N) is 1. The molecule has 7 heteroatoms. The monoisotopic (exact) mass is 396 g/mol. The molecule has 6 nitrogen and oxygen atoms in total. The summed E-state index contributed by atoms with van der Waals surface area (Å²) in [5.41, 5.74) is 3.74. The summed E-state index contributed by atoms with van der Waals surface area (Å²) in [7, 11) is -3.76. The molecule has 1 amide bonds. The number of carbonyl (C=O) groups excluding carboxylic acids is 1. The first-order chi connectivity index (χ1) is 13.3. The van der Waals surface area contributed by atoms with E-state index in [1.54, 1.807) is 35.4 Å². The van der Waals surface area contributed by atoms with E-state index in [2.05, 4.69) is 4.72 Å². The molecule has 0 fully saturated rings. The molecule has 1 N–H and O–H groups in total. The van der Waals surface area contributed by atoms with E-state index in [0.717, 1.165) is 22.4 Å². The lowest BCUT2D eigenvalue weighted by Gasteiger charge is -2.15. The Morgan fingerprint density at radius 1 is 1.14 bits per heavy atom. The number of furan rings is 1. The normalized spacial score (nSPS) is 13.4. The minimum absolute atomic E-state index is 0.0437. The Morgan fingerprint density at radius 3 is 2.68 bits per heavy atom. The summed E-state index contributed by atoms with van der Waals surface area (Å²) in [4.78, 5) is 13.5. The van der Waals surface area contributed by atoms with Crippen molar-refractivity contribution in [3.05, 3.63) is 65.9 Å². The quantitative estimate of drug-likeness (QED) is 0.724. The summed E-state index contributed by atoms with van der Waals surface area (Å²) in [5, 5.41) is 0. The minimum atomic E-state index is -3.76. The van der Waals surface area contributed by atoms with Gasteiger partial charge in [-0.1, -0.05) is 12.1 Å². The zero-order valence-electron chi connectivity index (χ0n) is 15.6. The maximum absolute atomic E-state index is 13.0. The fraction of sp³-hybridized carbons (Fsp3) is 0.190. The molecule has 0 saturated heterocycles. The lowest BCUT2D eigenvalue weighted by Crippen LogP contribution is -2.25. The summed E-state index contributed by atoms with van der Waals surface area (Å²) in [6.07, 6.45) is 2.22. The zero-order chi connectivity index (χ0) is 19.9. The van der Waals surface area contributed by atoms with E-state index in [4.69, 9.17) is 4.42 Å². The van der Waals surface area contributed by atoms with Crippen LogP contribution in [0, 0.1) is 6.92 Å². The average Bonchev–Trinajstić information content (AvgIpc) is 3.32. The van der Waals surface area contributed by atoms with E-state index in [-0.39, 0.29) is 10.8 Å². The highest BCUT2D eigenvalue weighted by Gasteiger charge is 2.25. The molecule has 1 aliphatic rings. The number of amides is 1. The lowest BCUT2D eigenvalue weighted by molar-refractivity contribution is -0.116. The number of aryl methyl sites for hydroxylation is 1. The summed E-state index contributed by atoms with van der Waals surface area (Å²) >= 11 is 0. The predicted molar refractivity (Wildman–Crippen MR) is 108 cm³/mol. The first kappa shape index (κ1) is 18.3. The Balaban J connectivity index is 1.65. The summed E-state index contributed by atoms with van der Waals surface area (Å²) in [5.74, 6) is 0.625. The molecule has 2 aromatic carbocycles. The van der Waals surface area contributed by atoms with Gasteiger partial charge in [0.25, 0.3) is 10.0 Å². The van der Waals surface area contributed by atoms with Gasteiger partial charge in [0.15, 0.2) is 0 Å². The van der Waals surface area contributed by atoms with Gasteiger partial charge >= 0.3 is 0 Å². The smallest absolute Gasteiger partial charge is 0.261 e. The van der Waals surface area contributed by atoms with Crippen LogP contribution in [-0.4, -0.2) is 20.9 Å². The topological polar surface area (TPSA) is 79.6 Å². The van der Waals surface area contributed by atoms with Gasteiger partial charge < -0.3 is 9.32 Å². The summed E-state index contributed by atoms with van der Waals surface area (Å²) in [6, 6.07) is 14.0. The van der Waals surface area contributed by atoms with Gasteiger partial charge in [-0.3, -0.25) is 9.52 Å². The van der Waals surface area contributed by atoms with Crippen LogP contribution in [0.5, 0.6) is 0 Å². The number of anilines is 2. The van der Waals surface area contributed by atoms with Crippen LogP contribution in [0.1, 0.15) is 18.1 Å². The molecule has 1 aliphatic heterocycles. The van der Waals surface area contributed by atoms with Crippen molar-refractivity contribution < 1.29 is 17.6 Å². The van der Waals surface area contributed by atoms with Crippen LogP contribution in [-0.2, 0) is 21.2 Å². The van der Waals surface area contributed by atoms with E-state index in [0.29, 0.717) is 24.4 Å². The Hall–Kier alpha value is -3.06. The maximum atomic E-state index is 13.0. The molecule has 0 aliphatic carbocycles. The number of hydrogen-bond acceptors (Lipinski definition) is 4. The van der Waals surface area contributed by atoms with Crippen LogP contribution in [0.25, 0.3) is 11.3 Å². The van der Waals surface area contributed by atoms with Gasteiger partial charge in [0.2, 0.25) is 5.91 Å². The highest BCUT2D eigenvalue weighted by molar-refractivity contribution is 7.92. The second-order valence-electron chi connectivity index (χ2n) is 6.82. The fourth-order valence-electron chi connectivity index (χ4n) is 3.40. The van der Waals surface area contributed by atoms with Crippen molar-refractivity contribution in [3.63, 3.8) is 0 Å². The standard InChI is InChI=1S/C21H20N2O4S/c1-14-5-6-17(21-4-3-11-27-21)13-19(14)22-28(25,26)18-7-8-20-16(12-18)9-10-23(20)15(2)24/h3-8,11-13,22H,9-10H2,1-2H3. The van der Waals surface area contributed by atoms with Crippen molar-refractivity contribution in [1.29, 1.82) is 0 Å². The predicted octanol–water partition coefficient (Wildman–Crippen LogP) is 3.96. The molecule has 4 rings (SSSR count). The summed E-state index contributed by atoms with van der Waals surface area (Å²) in [6.45, 7) is 3.93. The maximum Gasteiger partial charge on any atom is 0.261 e. The van der Waals surface area contributed by atoms with Crippen molar-refractivity contribution in [2.45, 2.75) is 25.2 Å². The second-order valence-corrected chi connectivity index (χ2v) is 8.51. The van der Waals surface area contributed by atoms with Gasteiger partial charge in [-0.25, -0.2) is 8.42 Å². The zero-order valence-corrected chi connectivity index (χ0v) is 16.4. The van der Waals surface area contributed by atoms with Crippen LogP contribution < -0.4 is 9.62 Å². The van der Waals surface area contributed by atoms with Crippen LogP contribution >= 0.6 is 0 Å². The van der Waals surface area contributed by atoms with Gasteiger partial charge in [-0.15, -0.1) is 0 Å². The third kappa shape index (κ3) is 3.29. The van der Waals surface area contributed by atoms with Gasteiger partial charge in [-0.05, 0) is 60.9 Å². The number of sulfonamides is 1. The number of carbonyl (C=O) groups is 1. The van der Waals surface area contributed by atoms with E-state index in [1.165, 1.54) is 13.0 Å². The lowest BCUT2D eigenvalue weighted by atomic mass is 10.1. The third-order valence-electron chi connectivity index (χ3n) is 4.92.